The topological polar surface area (TPSA) is 149 Å². The van der Waals surface area contributed by atoms with E-state index in [1.807, 2.05) is 39.8 Å². The Hall–Kier alpha value is -5.03. The molecular formula is C36H36N4O7. The van der Waals surface area contributed by atoms with Crippen LogP contribution in [0, 0.1) is 11.8 Å². The van der Waals surface area contributed by atoms with Gasteiger partial charge in [0.05, 0.1) is 65.3 Å². The molecule has 6 aliphatic rings. The summed E-state index contributed by atoms with van der Waals surface area (Å²) < 4.78 is 15.4. The summed E-state index contributed by atoms with van der Waals surface area (Å²) in [5, 5.41) is 11.9. The normalized spacial score (nSPS) is 26.4. The van der Waals surface area contributed by atoms with Crippen LogP contribution in [0.1, 0.15) is 53.9 Å². The summed E-state index contributed by atoms with van der Waals surface area (Å²) in [4.78, 5) is 58.9. The molecule has 6 rings (SSSR count). The molecule has 1 fully saturated rings. The standard InChI is InChI=1S/C36H36N4O7/c1-9-20-16(3)23-13-25-18(5)22(11-12-29(41)45-7)32(39-25)31-33-30(34(42)47-36(31,44)35(43)46-8)19(6)26(40-33)15-28-21(10-2)17(4)24(38-28)14-27(20)37-23/h9,13-15,18,22,44H,1,10-12H2,2-8H3. The average Bonchev–Trinajstić information content (AvgIpc) is 3.72. The Morgan fingerprint density at radius 3 is 2.30 bits per heavy atom. The highest BCUT2D eigenvalue weighted by Crippen LogP contribution is 2.47. The first kappa shape index (κ1) is 31.9. The molecule has 0 saturated carbocycles. The Labute approximate surface area is 272 Å². The first-order valence-electron chi connectivity index (χ1n) is 15.5. The molecule has 0 aromatic rings. The molecule has 1 N–H and O–H groups in total. The zero-order valence-corrected chi connectivity index (χ0v) is 27.5. The Morgan fingerprint density at radius 2 is 1.64 bits per heavy atom. The number of carbonyl (C=O) groups is 3. The number of carbonyl (C=O) groups excluding carboxylic acids is 3. The van der Waals surface area contributed by atoms with E-state index in [2.05, 4.69) is 6.58 Å². The first-order valence-corrected chi connectivity index (χ1v) is 15.5. The zero-order chi connectivity index (χ0) is 33.9. The molecule has 0 radical (unpaired) electrons. The van der Waals surface area contributed by atoms with E-state index in [4.69, 9.17) is 34.2 Å². The Morgan fingerprint density at radius 1 is 0.979 bits per heavy atom. The van der Waals surface area contributed by atoms with Crippen LogP contribution in [0.3, 0.4) is 0 Å². The van der Waals surface area contributed by atoms with Crippen molar-refractivity contribution in [1.29, 1.82) is 0 Å². The van der Waals surface area contributed by atoms with Gasteiger partial charge in [0.15, 0.2) is 0 Å². The monoisotopic (exact) mass is 636 g/mol. The van der Waals surface area contributed by atoms with Crippen LogP contribution >= 0.6 is 0 Å². The highest BCUT2D eigenvalue weighted by molar-refractivity contribution is 6.34. The molecule has 0 aliphatic carbocycles. The maximum absolute atomic E-state index is 13.5. The van der Waals surface area contributed by atoms with E-state index in [-0.39, 0.29) is 41.3 Å². The number of cyclic esters (lactones) is 1. The molecule has 11 nitrogen and oxygen atoms in total. The number of ether oxygens (including phenoxy) is 3. The van der Waals surface area contributed by atoms with Crippen molar-refractivity contribution in [2.45, 2.75) is 59.7 Å². The van der Waals surface area contributed by atoms with Crippen LogP contribution in [-0.2, 0) is 28.6 Å². The Kier molecular flexibility index (Phi) is 7.91. The molecule has 1 saturated heterocycles. The minimum absolute atomic E-state index is 0.0399. The van der Waals surface area contributed by atoms with Crippen molar-refractivity contribution in [3.8, 4) is 0 Å². The van der Waals surface area contributed by atoms with Gasteiger partial charge in [0.2, 0.25) is 0 Å². The van der Waals surface area contributed by atoms with Crippen molar-refractivity contribution in [3.63, 3.8) is 0 Å². The average molecular weight is 637 g/mol. The van der Waals surface area contributed by atoms with E-state index >= 15 is 0 Å². The number of fused-ring (bicyclic) bond motifs is 4. The lowest BCUT2D eigenvalue weighted by Gasteiger charge is -2.34. The minimum Gasteiger partial charge on any atom is -0.469 e. The third kappa shape index (κ3) is 4.88. The van der Waals surface area contributed by atoms with Gasteiger partial charge in [-0.25, -0.2) is 24.6 Å². The van der Waals surface area contributed by atoms with E-state index in [1.165, 1.54) is 7.11 Å². The highest BCUT2D eigenvalue weighted by Gasteiger charge is 2.58. The predicted octanol–water partition coefficient (Wildman–Crippen LogP) is 4.89. The minimum atomic E-state index is -2.85. The highest BCUT2D eigenvalue weighted by atomic mass is 16.7. The Balaban J connectivity index is 1.72. The molecule has 0 aromatic carbocycles. The van der Waals surface area contributed by atoms with Gasteiger partial charge in [-0.2, -0.15) is 0 Å². The lowest BCUT2D eigenvalue weighted by molar-refractivity contribution is -0.211. The number of hydrogen-bond donors (Lipinski definition) is 1. The summed E-state index contributed by atoms with van der Waals surface area (Å²) in [6, 6.07) is 0. The summed E-state index contributed by atoms with van der Waals surface area (Å²) in [5.41, 5.74) is 8.37. The summed E-state index contributed by atoms with van der Waals surface area (Å²) in [7, 11) is 2.40. The van der Waals surface area contributed by atoms with Crippen LogP contribution in [0.15, 0.2) is 113 Å². The molecule has 0 spiro atoms. The van der Waals surface area contributed by atoms with E-state index in [9.17, 15) is 19.5 Å². The SMILES string of the molecule is C=CC1=C(C)C2=CC3=NC(=C4C5=NC(=CC6=NC(=CC1=N2)C(C)=C6CC)C(C)=C5C(=O)OC4(O)C(=O)OC)C(CCC(=O)OC)C3C. The fraction of sp³-hybridized carbons (Fsp3) is 0.361. The maximum atomic E-state index is 13.5. The van der Waals surface area contributed by atoms with Gasteiger partial charge in [-0.3, -0.25) is 9.79 Å². The number of hydrogen-bond acceptors (Lipinski definition) is 11. The number of methoxy groups -OCH3 is 2. The molecule has 6 aliphatic heterocycles. The molecule has 6 heterocycles. The van der Waals surface area contributed by atoms with Crippen molar-refractivity contribution in [1.82, 2.24) is 0 Å². The van der Waals surface area contributed by atoms with E-state index < -0.39 is 29.6 Å². The molecule has 3 unspecified atom stereocenters. The molecule has 0 amide bonds. The lowest BCUT2D eigenvalue weighted by Crippen LogP contribution is -2.53. The van der Waals surface area contributed by atoms with E-state index in [0.29, 0.717) is 40.5 Å². The van der Waals surface area contributed by atoms with Crippen molar-refractivity contribution < 1.29 is 33.7 Å². The zero-order valence-electron chi connectivity index (χ0n) is 27.5. The summed E-state index contributed by atoms with van der Waals surface area (Å²) >= 11 is 0. The van der Waals surface area contributed by atoms with Crippen LogP contribution in [0.2, 0.25) is 0 Å². The third-order valence-electron chi connectivity index (χ3n) is 9.61. The van der Waals surface area contributed by atoms with Gasteiger partial charge in [-0.05, 0) is 74.1 Å². The summed E-state index contributed by atoms with van der Waals surface area (Å²) in [6.07, 6.45) is 8.37. The van der Waals surface area contributed by atoms with Crippen LogP contribution in [0.5, 0.6) is 0 Å². The predicted molar refractivity (Wildman–Crippen MR) is 177 cm³/mol. The van der Waals surface area contributed by atoms with Gasteiger partial charge in [-0.1, -0.05) is 26.5 Å². The maximum Gasteiger partial charge on any atom is 0.384 e. The third-order valence-corrected chi connectivity index (χ3v) is 9.61. The fourth-order valence-electron chi connectivity index (χ4n) is 6.89. The number of aliphatic hydroxyl groups is 1. The van der Waals surface area contributed by atoms with Crippen molar-refractivity contribution >= 4 is 40.8 Å². The van der Waals surface area contributed by atoms with Crippen molar-refractivity contribution in [2.24, 2.45) is 31.8 Å². The molecule has 11 heteroatoms. The molecule has 0 aromatic heterocycles. The van der Waals surface area contributed by atoms with Crippen LogP contribution < -0.4 is 0 Å². The molecule has 8 bridgehead atoms. The van der Waals surface area contributed by atoms with Crippen LogP contribution in [-0.4, -0.2) is 65.9 Å². The lowest BCUT2D eigenvalue weighted by atomic mass is 9.81. The first-order chi connectivity index (χ1) is 22.4. The Bertz CT molecular complexity index is 1940. The second kappa shape index (κ2) is 11.6. The van der Waals surface area contributed by atoms with Gasteiger partial charge in [-0.15, -0.1) is 0 Å². The van der Waals surface area contributed by atoms with Crippen LogP contribution in [0.4, 0.5) is 0 Å². The molecule has 242 valence electrons. The number of rotatable bonds is 6. The molecule has 3 atom stereocenters. The quantitative estimate of drug-likeness (QED) is 0.322. The van der Waals surface area contributed by atoms with Gasteiger partial charge >= 0.3 is 23.7 Å². The number of nitrogens with zero attached hydrogens (tertiary/aromatic N) is 4. The second-order valence-electron chi connectivity index (χ2n) is 12.1. The van der Waals surface area contributed by atoms with Gasteiger partial charge in [0.1, 0.15) is 0 Å². The number of allylic oxidation sites excluding steroid dienone is 10. The fourth-order valence-corrected chi connectivity index (χ4v) is 6.89. The van der Waals surface area contributed by atoms with Gasteiger partial charge in [0.25, 0.3) is 0 Å². The second-order valence-corrected chi connectivity index (χ2v) is 12.1. The van der Waals surface area contributed by atoms with Crippen molar-refractivity contribution in [3.05, 3.63) is 92.7 Å². The van der Waals surface area contributed by atoms with Crippen molar-refractivity contribution in [2.75, 3.05) is 14.2 Å². The van der Waals surface area contributed by atoms with E-state index in [0.717, 1.165) is 35.1 Å². The van der Waals surface area contributed by atoms with Crippen LogP contribution in [0.25, 0.3) is 0 Å². The van der Waals surface area contributed by atoms with Gasteiger partial charge in [0, 0.05) is 29.5 Å². The summed E-state index contributed by atoms with van der Waals surface area (Å²) in [6.45, 7) is 13.7. The molecule has 47 heavy (non-hydrogen) atoms. The van der Waals surface area contributed by atoms with E-state index in [1.54, 1.807) is 19.1 Å². The van der Waals surface area contributed by atoms with Gasteiger partial charge < -0.3 is 19.3 Å². The smallest absolute Gasteiger partial charge is 0.384 e. The number of aliphatic imine (C=N–C) groups is 4. The summed E-state index contributed by atoms with van der Waals surface area (Å²) in [5.74, 6) is -6.23. The number of esters is 3. The molecular weight excluding hydrogens is 600 g/mol. The largest absolute Gasteiger partial charge is 0.469 e.